The van der Waals surface area contributed by atoms with E-state index >= 15 is 0 Å². The third-order valence-electron chi connectivity index (χ3n) is 20.8. The van der Waals surface area contributed by atoms with Gasteiger partial charge < -0.3 is 114 Å². The first kappa shape index (κ1) is 60.9. The number of hydrogen-bond donors (Lipinski definition) is 15. The van der Waals surface area contributed by atoms with Gasteiger partial charge in [-0.2, -0.15) is 0 Å². The smallest absolute Gasteiger partial charge is 0.187 e. The van der Waals surface area contributed by atoms with Crippen molar-refractivity contribution in [2.24, 2.45) is 45.3 Å². The molecule has 30 atom stereocenters. The normalized spacial score (nSPS) is 52.5. The van der Waals surface area contributed by atoms with Crippen LogP contribution in [0.2, 0.25) is 0 Å². The molecule has 0 bridgehead atoms. The maximum Gasteiger partial charge on any atom is 0.187 e. The van der Waals surface area contributed by atoms with Crippen molar-refractivity contribution in [2.45, 2.75) is 247 Å². The minimum absolute atomic E-state index is 0.00681. The maximum atomic E-state index is 12.8. The molecule has 8 rings (SSSR count). The molecule has 440 valence electrons. The molecule has 0 spiro atoms. The predicted octanol–water partition coefficient (Wildman–Crippen LogP) is -2.59. The highest BCUT2D eigenvalue weighted by molar-refractivity contribution is 5.20. The zero-order valence-electron chi connectivity index (χ0n) is 44.9. The van der Waals surface area contributed by atoms with Crippen LogP contribution < -0.4 is 0 Å². The van der Waals surface area contributed by atoms with Crippen LogP contribution in [0.15, 0.2) is 12.2 Å². The van der Waals surface area contributed by atoms with Crippen molar-refractivity contribution in [1.82, 2.24) is 0 Å². The van der Waals surface area contributed by atoms with Crippen LogP contribution in [0.3, 0.4) is 0 Å². The number of ether oxygens (including phenoxy) is 8. The van der Waals surface area contributed by atoms with Crippen LogP contribution in [-0.4, -0.2) is 244 Å². The van der Waals surface area contributed by atoms with E-state index in [1.54, 1.807) is 6.92 Å². The minimum atomic E-state index is -1.82. The third kappa shape index (κ3) is 10.4. The molecule has 23 nitrogen and oxygen atoms in total. The van der Waals surface area contributed by atoms with Crippen LogP contribution >= 0.6 is 0 Å². The van der Waals surface area contributed by atoms with E-state index in [4.69, 9.17) is 37.9 Å². The van der Waals surface area contributed by atoms with Gasteiger partial charge in [-0.05, 0) is 117 Å². The number of fused-ring (bicyclic) bond motifs is 5. The quantitative estimate of drug-likeness (QED) is 0.0525. The van der Waals surface area contributed by atoms with E-state index in [9.17, 15) is 76.6 Å². The fraction of sp³-hybridized carbons (Fsp3) is 0.962. The Morgan fingerprint density at radius 1 is 0.592 bits per heavy atom. The van der Waals surface area contributed by atoms with Gasteiger partial charge in [0.1, 0.15) is 91.6 Å². The molecule has 15 N–H and O–H groups in total. The second-order valence-electron chi connectivity index (χ2n) is 25.3. The average molecular weight is 1100 g/mol. The lowest BCUT2D eigenvalue weighted by molar-refractivity contribution is -0.378. The Hall–Kier alpha value is -1.18. The van der Waals surface area contributed by atoms with Crippen molar-refractivity contribution in [1.29, 1.82) is 0 Å². The largest absolute Gasteiger partial charge is 0.394 e. The summed E-state index contributed by atoms with van der Waals surface area (Å²) in [6, 6.07) is 0. The monoisotopic (exact) mass is 1090 g/mol. The van der Waals surface area contributed by atoms with E-state index in [2.05, 4.69) is 41.2 Å². The zero-order valence-corrected chi connectivity index (χ0v) is 44.9. The van der Waals surface area contributed by atoms with Crippen molar-refractivity contribution < 1.29 is 114 Å². The average Bonchev–Trinajstić information content (AvgIpc) is 3.93. The van der Waals surface area contributed by atoms with E-state index in [1.165, 1.54) is 0 Å². The van der Waals surface area contributed by atoms with Gasteiger partial charge in [0, 0.05) is 0 Å². The number of aliphatic hydroxyl groups is 15. The number of hydrogen-bond acceptors (Lipinski definition) is 23. The SMILES string of the molecule is C=C(C)C(O)CC[C@](C)(O[C@@H]1O[C@H](CO[C@@H]2O[C@@H](CO)[C@H](O)[C@H]2O)[C@@H](O)[C@H](O)[C@H]1O)[C@H]1CC[C@]2(C)[C@@H]1[C@H](O)C[C@@H]1[C@@]3(C)CC[C@H](O[C@@H]4O[C@H](CO)[C@@H](O)[C@H](O)[C@H]4O[C@@H]4O[C@H](CO)[C@@H](O)[C@H](O)[C@H]4O)C(C)(C)[C@@H]3CC[C@]12C. The summed E-state index contributed by atoms with van der Waals surface area (Å²) >= 11 is 0. The fourth-order valence-corrected chi connectivity index (χ4v) is 16.1. The minimum Gasteiger partial charge on any atom is -0.394 e. The lowest BCUT2D eigenvalue weighted by Gasteiger charge is -2.71. The molecule has 4 aliphatic carbocycles. The second kappa shape index (κ2) is 22.9. The molecule has 0 radical (unpaired) electrons. The molecule has 0 amide bonds. The summed E-state index contributed by atoms with van der Waals surface area (Å²) in [7, 11) is 0. The lowest BCUT2D eigenvalue weighted by Crippen LogP contribution is -2.68. The molecular formula is C53H90O23. The van der Waals surface area contributed by atoms with E-state index in [0.717, 1.165) is 12.8 Å². The van der Waals surface area contributed by atoms with E-state index in [1.807, 2.05) is 6.92 Å². The Morgan fingerprint density at radius 2 is 1.11 bits per heavy atom. The fourth-order valence-electron chi connectivity index (χ4n) is 16.1. The summed E-state index contributed by atoms with van der Waals surface area (Å²) < 4.78 is 48.7. The van der Waals surface area contributed by atoms with E-state index < -0.39 is 178 Å². The van der Waals surface area contributed by atoms with Crippen molar-refractivity contribution >= 4 is 0 Å². The first-order valence-corrected chi connectivity index (χ1v) is 27.4. The summed E-state index contributed by atoms with van der Waals surface area (Å²) in [6.07, 6.45) is -26.8. The summed E-state index contributed by atoms with van der Waals surface area (Å²) in [5.74, 6) is -0.689. The van der Waals surface area contributed by atoms with Gasteiger partial charge in [0.25, 0.3) is 0 Å². The molecule has 23 heteroatoms. The Labute approximate surface area is 444 Å². The first-order chi connectivity index (χ1) is 35.5. The molecule has 0 aromatic carbocycles. The topological polar surface area (TPSA) is 377 Å². The number of rotatable bonds is 17. The van der Waals surface area contributed by atoms with Crippen molar-refractivity contribution in [3.8, 4) is 0 Å². The molecular weight excluding hydrogens is 1000 g/mol. The number of aliphatic hydroxyl groups excluding tert-OH is 15. The molecule has 4 heterocycles. The molecule has 8 fully saturated rings. The molecule has 8 aliphatic rings. The van der Waals surface area contributed by atoms with Gasteiger partial charge in [-0.1, -0.05) is 46.8 Å². The van der Waals surface area contributed by atoms with Gasteiger partial charge in [-0.3, -0.25) is 0 Å². The van der Waals surface area contributed by atoms with Crippen LogP contribution in [0, 0.1) is 45.3 Å². The molecule has 4 aliphatic heterocycles. The van der Waals surface area contributed by atoms with Crippen LogP contribution in [0.5, 0.6) is 0 Å². The predicted molar refractivity (Wildman–Crippen MR) is 262 cm³/mol. The van der Waals surface area contributed by atoms with Gasteiger partial charge in [-0.15, -0.1) is 0 Å². The van der Waals surface area contributed by atoms with Crippen LogP contribution in [0.1, 0.15) is 106 Å². The molecule has 76 heavy (non-hydrogen) atoms. The van der Waals surface area contributed by atoms with Gasteiger partial charge in [0.2, 0.25) is 0 Å². The van der Waals surface area contributed by atoms with Crippen molar-refractivity contribution in [3.05, 3.63) is 12.2 Å². The zero-order chi connectivity index (χ0) is 55.9. The Balaban J connectivity index is 1.02. The van der Waals surface area contributed by atoms with Gasteiger partial charge >= 0.3 is 0 Å². The molecule has 4 saturated heterocycles. The van der Waals surface area contributed by atoms with Gasteiger partial charge in [0.05, 0.1) is 50.3 Å². The van der Waals surface area contributed by atoms with Crippen molar-refractivity contribution in [3.63, 3.8) is 0 Å². The van der Waals surface area contributed by atoms with Crippen LogP contribution in [-0.2, 0) is 37.9 Å². The Kier molecular flexibility index (Phi) is 18.3. The van der Waals surface area contributed by atoms with E-state index in [0.29, 0.717) is 37.7 Å². The van der Waals surface area contributed by atoms with Gasteiger partial charge in [0.15, 0.2) is 25.2 Å². The summed E-state index contributed by atoms with van der Waals surface area (Å²) in [5, 5.41) is 162. The van der Waals surface area contributed by atoms with Crippen molar-refractivity contribution in [2.75, 3.05) is 26.4 Å². The highest BCUT2D eigenvalue weighted by Gasteiger charge is 2.72. The third-order valence-corrected chi connectivity index (χ3v) is 20.8. The Bertz CT molecular complexity index is 1970. The molecule has 0 aromatic rings. The standard InChI is InChI=1S/C53H90O23/c1-22(2)24(57)10-16-53(8,76-47-43(68)39(64)37(62)29(73-47)21-69-45-41(66)36(61)28(20-56)70-45)23-9-14-52(7)33(23)25(58)17-31-50(5)13-12-32(49(3,4)30(50)11-15-51(31,52)6)74-48-44(40(65)35(60)27(19-55)72-48)75-46-42(67)38(63)34(59)26(18-54)71-46/h23-48,54-68H,1,9-21H2,2-8H3/t23-,24?,25+,26+,27+,28-,29+,30-,31+,32-,33-,34+,35+,36-,37+,38-,39-,40-,41+,42+,43+,44+,45+,46-,47-,48-,50-,51+,52+,53-/m0/s1. The highest BCUT2D eigenvalue weighted by atomic mass is 16.8. The molecule has 0 aromatic heterocycles. The van der Waals surface area contributed by atoms with Crippen LogP contribution in [0.25, 0.3) is 0 Å². The Morgan fingerprint density at radius 3 is 1.71 bits per heavy atom. The second-order valence-corrected chi connectivity index (χ2v) is 25.3. The maximum absolute atomic E-state index is 12.8. The highest BCUT2D eigenvalue weighted by Crippen LogP contribution is 2.76. The van der Waals surface area contributed by atoms with Crippen LogP contribution in [0.4, 0.5) is 0 Å². The summed E-state index contributed by atoms with van der Waals surface area (Å²) in [5.41, 5.74) is -2.41. The summed E-state index contributed by atoms with van der Waals surface area (Å²) in [4.78, 5) is 0. The van der Waals surface area contributed by atoms with E-state index in [-0.39, 0.29) is 47.3 Å². The molecule has 4 saturated carbocycles. The first-order valence-electron chi connectivity index (χ1n) is 27.4. The molecule has 1 unspecified atom stereocenters. The summed E-state index contributed by atoms with van der Waals surface area (Å²) in [6.45, 7) is 16.2. The lowest BCUT2D eigenvalue weighted by atomic mass is 9.35. The van der Waals surface area contributed by atoms with Gasteiger partial charge in [-0.25, -0.2) is 0 Å².